The lowest BCUT2D eigenvalue weighted by Crippen LogP contribution is -2.67. The third kappa shape index (κ3) is 61.3. The van der Waals surface area contributed by atoms with Crippen molar-refractivity contribution in [3.8, 4) is 0 Å². The summed E-state index contributed by atoms with van der Waals surface area (Å²) in [7, 11) is -49.5. The number of rotatable bonds is 57. The predicted octanol–water partition coefficient (Wildman–Crippen LogP) is 18.8. The number of carbonyl (C=O) groups is 2. The molecule has 0 aromatic heterocycles. The van der Waals surface area contributed by atoms with Crippen molar-refractivity contribution in [3.63, 3.8) is 0 Å². The van der Waals surface area contributed by atoms with Gasteiger partial charge in [-0.1, -0.05) is 13.2 Å². The predicted molar refractivity (Wildman–Crippen MR) is 522 cm³/mol. The van der Waals surface area contributed by atoms with Crippen molar-refractivity contribution in [1.82, 2.24) is 0 Å². The zero-order valence-corrected chi connectivity index (χ0v) is 104. The lowest BCUT2D eigenvalue weighted by molar-refractivity contribution is -0.139. The van der Waals surface area contributed by atoms with E-state index < -0.39 is 213 Å². The van der Waals surface area contributed by atoms with Crippen LogP contribution in [0.15, 0.2) is 24.8 Å². The minimum absolute atomic E-state index is 0.248. The third-order valence-electron chi connectivity index (χ3n) is 14.7. The van der Waals surface area contributed by atoms with Gasteiger partial charge in [0.15, 0.2) is 133 Å². The smallest absolute Gasteiger partial charge is 0.463 e. The molecule has 0 saturated heterocycles. The molecule has 0 unspecified atom stereocenters. The van der Waals surface area contributed by atoms with Gasteiger partial charge in [-0.05, 0) is 336 Å². The fourth-order valence-electron chi connectivity index (χ4n) is 11.5. The first kappa shape index (κ1) is 113. The van der Waals surface area contributed by atoms with Gasteiger partial charge in [0, 0.05) is 35.4 Å². The molecule has 0 aliphatic heterocycles. The fourth-order valence-corrected chi connectivity index (χ4v) is 106. The van der Waals surface area contributed by atoms with Crippen LogP contribution in [0.1, 0.15) is 19.8 Å². The maximum absolute atomic E-state index is 12.4. The standard InChI is InChI=1S/C34H90O10Si12.C30H82O10Si12/c1-33(2)34(35)36-25-24-28-55(42-52(18,19)29-26-45-37-47(3,4)5,43-53(20,21)30-27-46-38-48(6,7)8)44-54(22,23)31-32-56(39-49(9,10)11,40-50(12,13)14)41-51(15,16)17;1-23-30(31)32-25-24-26-51(38-48(17,18)27-41-33-43(2,3)4,39-49(19,20)28-42-34-44(5,6)7)40-50(21,22)29-52(35-45(8,9)10,36-46(11,12)13)37-47(14,15)16/h1,24-32,45-46H2,2-23H3;23H,1,24-29,41-42H2,2-22H3. The van der Waals surface area contributed by atoms with Crippen LogP contribution in [0.3, 0.4) is 0 Å². The van der Waals surface area contributed by atoms with E-state index in [0.29, 0.717) is 42.2 Å². The van der Waals surface area contributed by atoms with Crippen LogP contribution in [0, 0.1) is 0 Å². The molecule has 0 bridgehead atoms. The molecule has 0 heterocycles. The molecule has 0 aromatic carbocycles. The SMILES string of the molecule is C=C(C)C(=O)OCCC[Si](O[Si](C)(C)CC[SiH2]O[Si](C)(C)C)(O[Si](C)(C)CC[SiH2]O[Si](C)(C)C)O[Si](C)(C)CC[Si](O[Si](C)(C)C)(O[Si](C)(C)C)O[Si](C)(C)C.C=CC(=O)OCCC[Si](O[Si](C)(C)C[SiH2]O[Si](C)(C)C)(O[Si](C)(C)C[SiH2]O[Si](C)(C)C)O[Si](C)(C)C[Si](O[Si](C)(C)C)(O[Si](C)(C)C)O[Si](C)(C)C. The van der Waals surface area contributed by atoms with Gasteiger partial charge >= 0.3 is 47.2 Å². The molecule has 0 radical (unpaired) electrons. The van der Waals surface area contributed by atoms with Crippen LogP contribution in [-0.4, -0.2) is 233 Å². The van der Waals surface area contributed by atoms with Crippen molar-refractivity contribution in [2.45, 2.75) is 360 Å². The second-order valence-electron chi connectivity index (χ2n) is 42.9. The van der Waals surface area contributed by atoms with E-state index in [9.17, 15) is 9.59 Å². The minimum atomic E-state index is -3.44. The Kier molecular flexibility index (Phi) is 47.3. The molecular weight excluding hydrogens is 1760 g/mol. The van der Waals surface area contributed by atoms with Gasteiger partial charge in [-0.25, -0.2) is 9.59 Å². The van der Waals surface area contributed by atoms with Crippen LogP contribution in [0.2, 0.25) is 340 Å². The van der Waals surface area contributed by atoms with Crippen LogP contribution < -0.4 is 0 Å². The molecule has 0 N–H and O–H groups in total. The van der Waals surface area contributed by atoms with Crippen molar-refractivity contribution < 1.29 is 84.9 Å². The van der Waals surface area contributed by atoms with Gasteiger partial charge in [-0.2, -0.15) is 0 Å². The Morgan fingerprint density at radius 1 is 0.287 bits per heavy atom. The van der Waals surface area contributed by atoms with E-state index in [0.717, 1.165) is 41.6 Å². The Morgan fingerprint density at radius 3 is 0.815 bits per heavy atom. The Labute approximate surface area is 696 Å². The first-order valence-electron chi connectivity index (χ1n) is 40.1. The van der Waals surface area contributed by atoms with E-state index in [1.165, 1.54) is 6.08 Å². The molecule has 0 spiro atoms. The zero-order valence-electron chi connectivity index (χ0n) is 78.1. The van der Waals surface area contributed by atoms with Gasteiger partial charge in [0.1, 0.15) is 39.1 Å². The summed E-state index contributed by atoms with van der Waals surface area (Å²) in [6.07, 6.45) is 2.38. The summed E-state index contributed by atoms with van der Waals surface area (Å²) in [5.74, 6) is -0.795. The molecule has 0 aliphatic carbocycles. The first-order valence-corrected chi connectivity index (χ1v) is 107. The van der Waals surface area contributed by atoms with E-state index in [4.69, 9.17) is 75.3 Å². The van der Waals surface area contributed by atoms with Crippen molar-refractivity contribution >= 4 is 219 Å². The molecule has 108 heavy (non-hydrogen) atoms. The molecule has 0 atom stereocenters. The number of hydrogen-bond donors (Lipinski definition) is 0. The maximum atomic E-state index is 12.4. The van der Waals surface area contributed by atoms with E-state index in [1.807, 2.05) is 0 Å². The van der Waals surface area contributed by atoms with E-state index in [2.05, 4.69) is 288 Å². The molecule has 0 amide bonds. The second-order valence-corrected chi connectivity index (χ2v) is 138. The normalized spacial score (nSPS) is 16.1. The van der Waals surface area contributed by atoms with Gasteiger partial charge in [-0.15, -0.1) is 0 Å². The van der Waals surface area contributed by atoms with Gasteiger partial charge < -0.3 is 75.3 Å². The quantitative estimate of drug-likeness (QED) is 0.0241. The average Bonchev–Trinajstić information content (AvgIpc) is 0.778. The molecule has 0 rings (SSSR count). The van der Waals surface area contributed by atoms with Crippen LogP contribution in [0.5, 0.6) is 0 Å². The third-order valence-corrected chi connectivity index (χ3v) is 102. The van der Waals surface area contributed by atoms with Crippen molar-refractivity contribution in [1.29, 1.82) is 0 Å². The Hall–Kier alpha value is 2.99. The summed E-state index contributed by atoms with van der Waals surface area (Å²) in [6, 6.07) is 6.84. The van der Waals surface area contributed by atoms with Crippen molar-refractivity contribution in [2.75, 3.05) is 13.2 Å². The fraction of sp³-hybridized carbons (Fsp3) is 0.906. The van der Waals surface area contributed by atoms with E-state index in [-0.39, 0.29) is 19.2 Å². The molecule has 44 heteroatoms. The lowest BCUT2D eigenvalue weighted by Gasteiger charge is -2.48. The summed E-state index contributed by atoms with van der Waals surface area (Å²) in [4.78, 5) is 24.5. The highest BCUT2D eigenvalue weighted by Crippen LogP contribution is 2.41. The van der Waals surface area contributed by atoms with Crippen LogP contribution in [-0.2, 0) is 84.9 Å². The Bertz CT molecular complexity index is 2520. The number of esters is 2. The molecule has 644 valence electrons. The van der Waals surface area contributed by atoms with Crippen molar-refractivity contribution in [2.24, 2.45) is 0 Å². The highest BCUT2D eigenvalue weighted by molar-refractivity contribution is 7.00. The Balaban J connectivity index is 0. The summed E-state index contributed by atoms with van der Waals surface area (Å²) in [6.45, 7) is 105. The number of ether oxygens (including phenoxy) is 2. The van der Waals surface area contributed by atoms with Crippen LogP contribution in [0.25, 0.3) is 0 Å². The van der Waals surface area contributed by atoms with Gasteiger partial charge in [0.2, 0.25) is 0 Å². The van der Waals surface area contributed by atoms with E-state index >= 15 is 0 Å². The zero-order chi connectivity index (χ0) is 85.6. The van der Waals surface area contributed by atoms with Crippen LogP contribution >= 0.6 is 0 Å². The largest absolute Gasteiger partial charge is 0.469 e. The molecule has 0 aromatic rings. The van der Waals surface area contributed by atoms with Gasteiger partial charge in [0.05, 0.1) is 13.2 Å². The van der Waals surface area contributed by atoms with Crippen molar-refractivity contribution in [3.05, 3.63) is 24.8 Å². The summed E-state index contributed by atoms with van der Waals surface area (Å²) in [5.41, 5.74) is 2.96. The molecule has 0 fully saturated rings. The van der Waals surface area contributed by atoms with E-state index in [1.54, 1.807) is 6.92 Å². The van der Waals surface area contributed by atoms with Crippen LogP contribution in [0.4, 0.5) is 0 Å². The minimum Gasteiger partial charge on any atom is -0.463 e. The molecular formula is C64H172O20Si24. The van der Waals surface area contributed by atoms with Gasteiger partial charge in [-0.3, -0.25) is 0 Å². The van der Waals surface area contributed by atoms with Gasteiger partial charge in [0.25, 0.3) is 0 Å². The topological polar surface area (TPSA) is 200 Å². The average molecular weight is 1940 g/mol. The molecule has 0 saturated carbocycles. The summed E-state index contributed by atoms with van der Waals surface area (Å²) < 4.78 is 125. The summed E-state index contributed by atoms with van der Waals surface area (Å²) >= 11 is 0. The second kappa shape index (κ2) is 45.2. The monoisotopic (exact) mass is 1930 g/mol. The summed E-state index contributed by atoms with van der Waals surface area (Å²) in [5, 5.41) is 0. The maximum Gasteiger partial charge on any atom is 0.469 e. The molecule has 20 nitrogen and oxygen atoms in total. The molecule has 0 aliphatic rings. The Morgan fingerprint density at radius 2 is 0.537 bits per heavy atom. The lowest BCUT2D eigenvalue weighted by atomic mass is 10.4. The number of hydrogen-bond acceptors (Lipinski definition) is 20. The first-order chi connectivity index (χ1) is 47.5. The number of carbonyl (C=O) groups excluding carboxylic acids is 2. The highest BCUT2D eigenvalue weighted by atomic mass is 28.5. The highest BCUT2D eigenvalue weighted by Gasteiger charge is 2.60.